The standard InChI is InChI=1S/C18H13N5O4S/c1-11-19-9-15(21-17(24)14-7-8-16(27-14)23(25)26)22(11)18-20-13(10-28-18)12-5-3-2-4-6-12/h2-10H,1H3,(H,21,24). The summed E-state index contributed by atoms with van der Waals surface area (Å²) in [6, 6.07) is 12.1. The van der Waals surface area contributed by atoms with Crippen molar-refractivity contribution in [1.29, 1.82) is 0 Å². The van der Waals surface area contributed by atoms with Gasteiger partial charge in [-0.05, 0) is 13.0 Å². The fourth-order valence-electron chi connectivity index (χ4n) is 2.61. The quantitative estimate of drug-likeness (QED) is 0.402. The lowest BCUT2D eigenvalue weighted by atomic mass is 10.2. The number of nitrogens with zero attached hydrogens (tertiary/aromatic N) is 4. The molecule has 1 N–H and O–H groups in total. The van der Waals surface area contributed by atoms with E-state index in [4.69, 9.17) is 4.42 Å². The predicted octanol–water partition coefficient (Wildman–Crippen LogP) is 4.06. The molecule has 0 fully saturated rings. The SMILES string of the molecule is Cc1ncc(NC(=O)c2ccc([N+](=O)[O-])o2)n1-c1nc(-c2ccccc2)cs1. The van der Waals surface area contributed by atoms with Crippen LogP contribution >= 0.6 is 11.3 Å². The molecule has 0 bridgehead atoms. The van der Waals surface area contributed by atoms with Crippen molar-refractivity contribution in [1.82, 2.24) is 14.5 Å². The zero-order chi connectivity index (χ0) is 19.7. The Balaban J connectivity index is 1.62. The largest absolute Gasteiger partial charge is 0.433 e. The third-order valence-corrected chi connectivity index (χ3v) is 4.75. The molecule has 28 heavy (non-hydrogen) atoms. The minimum Gasteiger partial charge on any atom is -0.395 e. The lowest BCUT2D eigenvalue weighted by Gasteiger charge is -2.07. The van der Waals surface area contributed by atoms with E-state index in [-0.39, 0.29) is 5.76 Å². The number of benzene rings is 1. The van der Waals surface area contributed by atoms with Crippen LogP contribution in [0.1, 0.15) is 16.4 Å². The summed E-state index contributed by atoms with van der Waals surface area (Å²) in [5.74, 6) is -0.261. The number of nitrogens with one attached hydrogen (secondary N) is 1. The minimum absolute atomic E-state index is 0.166. The minimum atomic E-state index is -0.703. The van der Waals surface area contributed by atoms with Gasteiger partial charge in [-0.2, -0.15) is 0 Å². The molecule has 140 valence electrons. The van der Waals surface area contributed by atoms with Crippen molar-refractivity contribution < 1.29 is 14.1 Å². The van der Waals surface area contributed by atoms with E-state index in [0.29, 0.717) is 16.8 Å². The molecule has 1 aromatic carbocycles. The molecule has 0 aliphatic carbocycles. The Bertz CT molecular complexity index is 1160. The third-order valence-electron chi connectivity index (χ3n) is 3.93. The molecule has 0 atom stereocenters. The number of rotatable bonds is 5. The van der Waals surface area contributed by atoms with Crippen LogP contribution in [0.5, 0.6) is 0 Å². The van der Waals surface area contributed by atoms with E-state index in [9.17, 15) is 14.9 Å². The van der Waals surface area contributed by atoms with Gasteiger partial charge in [0.1, 0.15) is 16.6 Å². The zero-order valence-electron chi connectivity index (χ0n) is 14.5. The van der Waals surface area contributed by atoms with Gasteiger partial charge in [-0.25, -0.2) is 9.97 Å². The Hall–Kier alpha value is -3.79. The smallest absolute Gasteiger partial charge is 0.395 e. The topological polar surface area (TPSA) is 116 Å². The summed E-state index contributed by atoms with van der Waals surface area (Å²) in [6.45, 7) is 1.79. The fraction of sp³-hybridized carbons (Fsp3) is 0.0556. The molecule has 0 saturated carbocycles. The van der Waals surface area contributed by atoms with Crippen LogP contribution in [-0.2, 0) is 0 Å². The fourth-order valence-corrected chi connectivity index (χ4v) is 3.50. The number of aryl methyl sites for hydroxylation is 1. The van der Waals surface area contributed by atoms with E-state index < -0.39 is 16.7 Å². The van der Waals surface area contributed by atoms with Crippen molar-refractivity contribution in [2.75, 3.05) is 5.32 Å². The number of imidazole rings is 1. The lowest BCUT2D eigenvalue weighted by molar-refractivity contribution is -0.402. The zero-order valence-corrected chi connectivity index (χ0v) is 15.3. The van der Waals surface area contributed by atoms with Crippen LogP contribution in [0.4, 0.5) is 11.7 Å². The number of thiazole rings is 1. The Kier molecular flexibility index (Phi) is 4.45. The molecule has 0 radical (unpaired) electrons. The van der Waals surface area contributed by atoms with E-state index in [2.05, 4.69) is 15.3 Å². The van der Waals surface area contributed by atoms with Gasteiger partial charge >= 0.3 is 5.88 Å². The summed E-state index contributed by atoms with van der Waals surface area (Å²) in [5.41, 5.74) is 1.80. The molecule has 0 spiro atoms. The van der Waals surface area contributed by atoms with Crippen molar-refractivity contribution in [2.24, 2.45) is 0 Å². The number of aromatic nitrogens is 3. The highest BCUT2D eigenvalue weighted by Crippen LogP contribution is 2.27. The summed E-state index contributed by atoms with van der Waals surface area (Å²) in [7, 11) is 0. The summed E-state index contributed by atoms with van der Waals surface area (Å²) in [4.78, 5) is 31.3. The van der Waals surface area contributed by atoms with Crippen LogP contribution in [0.15, 0.2) is 58.5 Å². The first-order valence-corrected chi connectivity index (χ1v) is 9.02. The Morgan fingerprint density at radius 2 is 2.04 bits per heavy atom. The van der Waals surface area contributed by atoms with E-state index in [0.717, 1.165) is 17.3 Å². The number of hydrogen-bond acceptors (Lipinski definition) is 7. The Labute approximate surface area is 162 Å². The highest BCUT2D eigenvalue weighted by molar-refractivity contribution is 7.12. The molecule has 3 aromatic heterocycles. The number of carbonyl (C=O) groups is 1. The van der Waals surface area contributed by atoms with Gasteiger partial charge in [-0.1, -0.05) is 30.3 Å². The number of furan rings is 1. The predicted molar refractivity (Wildman–Crippen MR) is 103 cm³/mol. The van der Waals surface area contributed by atoms with Gasteiger partial charge in [-0.15, -0.1) is 11.3 Å². The normalized spacial score (nSPS) is 10.8. The van der Waals surface area contributed by atoms with Gasteiger partial charge in [0, 0.05) is 10.9 Å². The first-order valence-electron chi connectivity index (χ1n) is 8.14. The maximum atomic E-state index is 12.4. The van der Waals surface area contributed by atoms with Crippen molar-refractivity contribution in [2.45, 2.75) is 6.92 Å². The maximum Gasteiger partial charge on any atom is 0.433 e. The molecule has 1 amide bonds. The van der Waals surface area contributed by atoms with Crippen LogP contribution < -0.4 is 5.32 Å². The average molecular weight is 395 g/mol. The summed E-state index contributed by atoms with van der Waals surface area (Å²) >= 11 is 1.41. The number of hydrogen-bond donors (Lipinski definition) is 1. The van der Waals surface area contributed by atoms with Gasteiger partial charge in [0.25, 0.3) is 5.91 Å². The number of amides is 1. The van der Waals surface area contributed by atoms with E-state index in [1.165, 1.54) is 23.6 Å². The van der Waals surface area contributed by atoms with Crippen LogP contribution in [0.25, 0.3) is 16.4 Å². The van der Waals surface area contributed by atoms with Gasteiger partial charge < -0.3 is 9.73 Å². The molecule has 10 heteroatoms. The molecule has 9 nitrogen and oxygen atoms in total. The van der Waals surface area contributed by atoms with Crippen molar-refractivity contribution in [3.05, 3.63) is 75.7 Å². The van der Waals surface area contributed by atoms with Crippen molar-refractivity contribution in [3.8, 4) is 16.4 Å². The summed E-state index contributed by atoms with van der Waals surface area (Å²) in [6.07, 6.45) is 1.49. The summed E-state index contributed by atoms with van der Waals surface area (Å²) in [5, 5.41) is 15.9. The molecule has 0 unspecified atom stereocenters. The van der Waals surface area contributed by atoms with E-state index in [1.807, 2.05) is 35.7 Å². The number of anilines is 1. The second kappa shape index (κ2) is 7.08. The second-order valence-electron chi connectivity index (χ2n) is 5.76. The highest BCUT2D eigenvalue weighted by Gasteiger charge is 2.20. The van der Waals surface area contributed by atoms with Gasteiger partial charge in [0.2, 0.25) is 0 Å². The first kappa shape index (κ1) is 17.6. The highest BCUT2D eigenvalue weighted by atomic mass is 32.1. The molecular weight excluding hydrogens is 382 g/mol. The monoisotopic (exact) mass is 395 g/mol. The first-order chi connectivity index (χ1) is 13.5. The molecule has 0 saturated heterocycles. The average Bonchev–Trinajstić information content (AvgIpc) is 3.42. The van der Waals surface area contributed by atoms with Crippen LogP contribution in [0.2, 0.25) is 0 Å². The van der Waals surface area contributed by atoms with Gasteiger partial charge in [0.05, 0.1) is 18.0 Å². The molecule has 3 heterocycles. The van der Waals surface area contributed by atoms with Crippen molar-refractivity contribution in [3.63, 3.8) is 0 Å². The van der Waals surface area contributed by atoms with Gasteiger partial charge in [0.15, 0.2) is 10.9 Å². The molecule has 0 aliphatic heterocycles. The van der Waals surface area contributed by atoms with Gasteiger partial charge in [-0.3, -0.25) is 19.5 Å². The third kappa shape index (κ3) is 3.28. The summed E-state index contributed by atoms with van der Waals surface area (Å²) < 4.78 is 6.64. The lowest BCUT2D eigenvalue weighted by Crippen LogP contribution is -2.14. The van der Waals surface area contributed by atoms with Crippen LogP contribution in [0.3, 0.4) is 0 Å². The molecule has 0 aliphatic rings. The number of carbonyl (C=O) groups excluding carboxylic acids is 1. The van der Waals surface area contributed by atoms with Crippen LogP contribution in [-0.4, -0.2) is 25.4 Å². The van der Waals surface area contributed by atoms with E-state index >= 15 is 0 Å². The van der Waals surface area contributed by atoms with E-state index in [1.54, 1.807) is 11.5 Å². The Morgan fingerprint density at radius 1 is 1.25 bits per heavy atom. The van der Waals surface area contributed by atoms with Crippen molar-refractivity contribution >= 4 is 28.9 Å². The molecule has 4 rings (SSSR count). The maximum absolute atomic E-state index is 12.4. The number of nitro groups is 1. The second-order valence-corrected chi connectivity index (χ2v) is 6.59. The Morgan fingerprint density at radius 3 is 2.75 bits per heavy atom. The molecule has 4 aromatic rings. The molecular formula is C18H13N5O4S. The van der Waals surface area contributed by atoms with Crippen LogP contribution in [0, 0.1) is 17.0 Å².